The van der Waals surface area contributed by atoms with Crippen molar-refractivity contribution in [2.24, 2.45) is 4.99 Å². The second-order valence-electron chi connectivity index (χ2n) is 6.32. The third-order valence-corrected chi connectivity index (χ3v) is 5.76. The lowest BCUT2D eigenvalue weighted by atomic mass is 10.2. The monoisotopic (exact) mass is 444 g/mol. The van der Waals surface area contributed by atoms with Crippen LogP contribution in [0.15, 0.2) is 47.5 Å². The zero-order chi connectivity index (χ0) is 21.1. The molecule has 4 rings (SSSR count). The number of hydrogen-bond acceptors (Lipinski definition) is 6. The van der Waals surface area contributed by atoms with E-state index in [1.54, 1.807) is 28.8 Å². The van der Waals surface area contributed by atoms with Crippen LogP contribution >= 0.6 is 22.9 Å². The average molecular weight is 445 g/mol. The Morgan fingerprint density at radius 1 is 1.23 bits per heavy atom. The van der Waals surface area contributed by atoms with E-state index in [0.717, 1.165) is 4.70 Å². The molecule has 1 aromatic heterocycles. The lowest BCUT2D eigenvalue weighted by Gasteiger charge is -2.18. The fourth-order valence-electron chi connectivity index (χ4n) is 2.94. The van der Waals surface area contributed by atoms with Gasteiger partial charge in [0.15, 0.2) is 16.3 Å². The normalized spacial score (nSPS) is 13.7. The summed E-state index contributed by atoms with van der Waals surface area (Å²) >= 11 is 7.39. The van der Waals surface area contributed by atoms with Gasteiger partial charge in [0.05, 0.1) is 17.3 Å². The summed E-state index contributed by atoms with van der Waals surface area (Å²) in [6, 6.07) is 10.8. The molecule has 1 amide bonds. The Bertz CT molecular complexity index is 1230. The van der Waals surface area contributed by atoms with Crippen molar-refractivity contribution in [1.82, 2.24) is 4.57 Å². The van der Waals surface area contributed by atoms with Crippen LogP contribution in [0, 0.1) is 0 Å². The van der Waals surface area contributed by atoms with Crippen LogP contribution in [0.5, 0.6) is 11.5 Å². The molecule has 3 aromatic rings. The number of rotatable bonds is 4. The summed E-state index contributed by atoms with van der Waals surface area (Å²) in [5.74, 6) is 0.279. The van der Waals surface area contributed by atoms with Crippen LogP contribution in [0.4, 0.5) is 0 Å². The summed E-state index contributed by atoms with van der Waals surface area (Å²) in [6.45, 7) is 0.827. The zero-order valence-electron chi connectivity index (χ0n) is 16.0. The molecular formula is C21H17ClN2O5S. The van der Waals surface area contributed by atoms with Crippen LogP contribution < -0.4 is 14.3 Å². The van der Waals surface area contributed by atoms with Gasteiger partial charge in [-0.1, -0.05) is 41.1 Å². The van der Waals surface area contributed by atoms with Gasteiger partial charge < -0.3 is 18.8 Å². The van der Waals surface area contributed by atoms with Crippen molar-refractivity contribution in [3.63, 3.8) is 0 Å². The SMILES string of the molecule is COC(=O)Cn1c(=NC(=O)/C=C/c2ccccc2Cl)sc2cc3c(cc21)OCCO3. The third-order valence-electron chi connectivity index (χ3n) is 4.38. The molecule has 0 unspecified atom stereocenters. The minimum absolute atomic E-state index is 0.0868. The highest BCUT2D eigenvalue weighted by atomic mass is 35.5. The van der Waals surface area contributed by atoms with Gasteiger partial charge in [-0.2, -0.15) is 4.99 Å². The number of halogens is 1. The number of carbonyl (C=O) groups excluding carboxylic acids is 2. The molecule has 0 atom stereocenters. The molecule has 0 aliphatic carbocycles. The highest BCUT2D eigenvalue weighted by Gasteiger charge is 2.18. The van der Waals surface area contributed by atoms with Crippen LogP contribution in [0.25, 0.3) is 16.3 Å². The molecule has 0 N–H and O–H groups in total. The van der Waals surface area contributed by atoms with Crippen molar-refractivity contribution in [1.29, 1.82) is 0 Å². The predicted molar refractivity (Wildman–Crippen MR) is 114 cm³/mol. The topological polar surface area (TPSA) is 79.1 Å². The maximum atomic E-state index is 12.5. The molecule has 30 heavy (non-hydrogen) atoms. The van der Waals surface area contributed by atoms with Crippen molar-refractivity contribution >= 4 is 51.1 Å². The first-order valence-corrected chi connectivity index (χ1v) is 10.3. The number of thiazole rings is 1. The lowest BCUT2D eigenvalue weighted by molar-refractivity contribution is -0.141. The Morgan fingerprint density at radius 3 is 2.70 bits per heavy atom. The molecule has 2 aromatic carbocycles. The molecular weight excluding hydrogens is 428 g/mol. The Kier molecular flexibility index (Phi) is 5.87. The molecule has 0 saturated heterocycles. The number of aromatic nitrogens is 1. The van der Waals surface area contributed by atoms with Gasteiger partial charge in [-0.3, -0.25) is 9.59 Å². The van der Waals surface area contributed by atoms with E-state index in [-0.39, 0.29) is 6.54 Å². The standard InChI is InChI=1S/C21H17ClN2O5S/c1-27-20(26)12-24-15-10-16-17(29-9-8-28-16)11-18(15)30-21(24)23-19(25)7-6-13-4-2-3-5-14(13)22/h2-7,10-11H,8-9,12H2,1H3/b7-6+,23-21?. The minimum Gasteiger partial charge on any atom is -0.486 e. The molecule has 0 spiro atoms. The molecule has 0 radical (unpaired) electrons. The summed E-state index contributed by atoms with van der Waals surface area (Å²) in [7, 11) is 1.31. The van der Waals surface area contributed by atoms with E-state index in [1.165, 1.54) is 24.5 Å². The summed E-state index contributed by atoms with van der Waals surface area (Å²) in [6.07, 6.45) is 2.94. The van der Waals surface area contributed by atoms with Gasteiger partial charge in [-0.25, -0.2) is 0 Å². The van der Waals surface area contributed by atoms with E-state index in [1.807, 2.05) is 18.2 Å². The summed E-state index contributed by atoms with van der Waals surface area (Å²) < 4.78 is 18.5. The third kappa shape index (κ3) is 4.24. The number of benzene rings is 2. The molecule has 0 saturated carbocycles. The average Bonchev–Trinajstić information content (AvgIpc) is 3.07. The van der Waals surface area contributed by atoms with E-state index >= 15 is 0 Å². The van der Waals surface area contributed by atoms with Gasteiger partial charge in [0.25, 0.3) is 5.91 Å². The van der Waals surface area contributed by atoms with Crippen LogP contribution in [0.2, 0.25) is 5.02 Å². The minimum atomic E-state index is -0.475. The van der Waals surface area contributed by atoms with Gasteiger partial charge >= 0.3 is 5.97 Å². The number of hydrogen-bond donors (Lipinski definition) is 0. The van der Waals surface area contributed by atoms with Crippen LogP contribution in [-0.2, 0) is 20.9 Å². The Balaban J connectivity index is 1.76. The summed E-state index contributed by atoms with van der Waals surface area (Å²) in [4.78, 5) is 29.0. The molecule has 1 aliphatic rings. The second kappa shape index (κ2) is 8.73. The largest absolute Gasteiger partial charge is 0.486 e. The molecule has 0 fully saturated rings. The lowest BCUT2D eigenvalue weighted by Crippen LogP contribution is -2.22. The first-order valence-electron chi connectivity index (χ1n) is 9.06. The number of ether oxygens (including phenoxy) is 3. The van der Waals surface area contributed by atoms with Gasteiger partial charge in [-0.05, 0) is 17.7 Å². The summed E-state index contributed by atoms with van der Waals surface area (Å²) in [5.41, 5.74) is 1.42. The number of fused-ring (bicyclic) bond motifs is 2. The molecule has 9 heteroatoms. The Labute approximate surface area is 180 Å². The van der Waals surface area contributed by atoms with Crippen molar-refractivity contribution in [3.05, 3.63) is 57.9 Å². The molecule has 0 bridgehead atoms. The first kappa shape index (κ1) is 20.2. The van der Waals surface area contributed by atoms with Crippen molar-refractivity contribution in [2.75, 3.05) is 20.3 Å². The van der Waals surface area contributed by atoms with Gasteiger partial charge in [0, 0.05) is 23.2 Å². The highest BCUT2D eigenvalue weighted by Crippen LogP contribution is 2.35. The van der Waals surface area contributed by atoms with Crippen molar-refractivity contribution in [3.8, 4) is 11.5 Å². The van der Waals surface area contributed by atoms with E-state index in [2.05, 4.69) is 4.99 Å². The molecule has 2 heterocycles. The molecule has 1 aliphatic heterocycles. The smallest absolute Gasteiger partial charge is 0.325 e. The number of esters is 1. The quantitative estimate of drug-likeness (QED) is 0.455. The number of methoxy groups -OCH3 is 1. The van der Waals surface area contributed by atoms with Crippen LogP contribution in [-0.4, -0.2) is 36.8 Å². The molecule has 7 nitrogen and oxygen atoms in total. The van der Waals surface area contributed by atoms with Gasteiger partial charge in [0.1, 0.15) is 19.8 Å². The fraction of sp³-hybridized carbons (Fsp3) is 0.190. The second-order valence-corrected chi connectivity index (χ2v) is 7.73. The Morgan fingerprint density at radius 2 is 1.97 bits per heavy atom. The fourth-order valence-corrected chi connectivity index (χ4v) is 4.18. The molecule has 154 valence electrons. The van der Waals surface area contributed by atoms with Crippen molar-refractivity contribution < 1.29 is 23.8 Å². The van der Waals surface area contributed by atoms with Gasteiger partial charge in [-0.15, -0.1) is 0 Å². The maximum absolute atomic E-state index is 12.5. The summed E-state index contributed by atoms with van der Waals surface area (Å²) in [5, 5.41) is 0.537. The zero-order valence-corrected chi connectivity index (χ0v) is 17.5. The van der Waals surface area contributed by atoms with E-state index < -0.39 is 11.9 Å². The number of carbonyl (C=O) groups is 2. The van der Waals surface area contributed by atoms with Crippen molar-refractivity contribution in [2.45, 2.75) is 6.54 Å². The predicted octanol–water partition coefficient (Wildman–Crippen LogP) is 3.44. The van der Waals surface area contributed by atoms with E-state index in [4.69, 9.17) is 25.8 Å². The van der Waals surface area contributed by atoms with Crippen LogP contribution in [0.3, 0.4) is 0 Å². The van der Waals surface area contributed by atoms with E-state index in [0.29, 0.717) is 45.6 Å². The van der Waals surface area contributed by atoms with Crippen LogP contribution in [0.1, 0.15) is 5.56 Å². The number of nitrogens with zero attached hydrogens (tertiary/aromatic N) is 2. The van der Waals surface area contributed by atoms with E-state index in [9.17, 15) is 9.59 Å². The number of amides is 1. The Hall–Kier alpha value is -3.10. The maximum Gasteiger partial charge on any atom is 0.325 e. The first-order chi connectivity index (χ1) is 14.5. The van der Waals surface area contributed by atoms with Gasteiger partial charge in [0.2, 0.25) is 0 Å². The highest BCUT2D eigenvalue weighted by molar-refractivity contribution is 7.16.